The lowest BCUT2D eigenvalue weighted by atomic mass is 9.83. The molecule has 0 amide bonds. The summed E-state index contributed by atoms with van der Waals surface area (Å²) in [5.41, 5.74) is 0. The van der Waals surface area contributed by atoms with Gasteiger partial charge in [0.25, 0.3) is 0 Å². The summed E-state index contributed by atoms with van der Waals surface area (Å²) in [6.07, 6.45) is 0.710. The summed E-state index contributed by atoms with van der Waals surface area (Å²) in [6.45, 7) is 4.03. The van der Waals surface area contributed by atoms with Gasteiger partial charge in [-0.05, 0) is 20.3 Å². The van der Waals surface area contributed by atoms with E-state index in [0.29, 0.717) is 23.7 Å². The van der Waals surface area contributed by atoms with Crippen LogP contribution >= 0.6 is 0 Å². The summed E-state index contributed by atoms with van der Waals surface area (Å²) in [5, 5.41) is 0. The van der Waals surface area contributed by atoms with Crippen molar-refractivity contribution in [3.05, 3.63) is 0 Å². The van der Waals surface area contributed by atoms with Crippen LogP contribution in [-0.2, 0) is 23.7 Å². The molecule has 1 aliphatic carbocycles. The largest absolute Gasteiger partial charge is 0.355 e. The van der Waals surface area contributed by atoms with Crippen LogP contribution in [-0.4, -0.2) is 38.4 Å². The van der Waals surface area contributed by atoms with E-state index >= 15 is 0 Å². The first-order valence-electron chi connectivity index (χ1n) is 6.64. The third-order valence-electron chi connectivity index (χ3n) is 5.33. The van der Waals surface area contributed by atoms with Gasteiger partial charge in [0.15, 0.2) is 24.2 Å². The van der Waals surface area contributed by atoms with Gasteiger partial charge in [0.05, 0.1) is 0 Å². The van der Waals surface area contributed by atoms with Gasteiger partial charge in [0.1, 0.15) is 0 Å². The molecule has 0 aromatic heterocycles. The summed E-state index contributed by atoms with van der Waals surface area (Å²) >= 11 is 0. The van der Waals surface area contributed by atoms with Crippen molar-refractivity contribution in [1.82, 2.24) is 0 Å². The highest BCUT2D eigenvalue weighted by Crippen LogP contribution is 2.69. The molecule has 0 radical (unpaired) electrons. The first-order valence-corrected chi connectivity index (χ1v) is 6.64. The van der Waals surface area contributed by atoms with E-state index in [1.807, 2.05) is 13.8 Å². The molecule has 1 saturated carbocycles. The highest BCUT2D eigenvalue weighted by molar-refractivity contribution is 5.14. The molecule has 0 bridgehead atoms. The minimum Gasteiger partial charge on any atom is -0.355 e. The molecule has 3 aliphatic heterocycles. The standard InChI is InChI=1S/C13H20O5/c1-12-8-6(10(14-3)16-12)5-7-9(8)13(2,18-12)17-11(7)15-4/h6-11H,5H2,1-4H3/t6-,7+,8-,9+,10-,11+,12+,13-. The first-order chi connectivity index (χ1) is 8.52. The Morgan fingerprint density at radius 1 is 0.889 bits per heavy atom. The van der Waals surface area contributed by atoms with Crippen molar-refractivity contribution in [2.24, 2.45) is 23.7 Å². The van der Waals surface area contributed by atoms with Crippen molar-refractivity contribution < 1.29 is 23.7 Å². The Kier molecular flexibility index (Phi) is 2.11. The Morgan fingerprint density at radius 2 is 1.33 bits per heavy atom. The fraction of sp³-hybridized carbons (Fsp3) is 1.00. The summed E-state index contributed by atoms with van der Waals surface area (Å²) in [6, 6.07) is 0. The van der Waals surface area contributed by atoms with Crippen LogP contribution in [0.5, 0.6) is 0 Å². The van der Waals surface area contributed by atoms with Crippen molar-refractivity contribution in [3.63, 3.8) is 0 Å². The molecule has 3 heterocycles. The van der Waals surface area contributed by atoms with Crippen molar-refractivity contribution in [2.45, 2.75) is 44.4 Å². The molecule has 0 unspecified atom stereocenters. The normalized spacial score (nSPS) is 64.7. The maximum atomic E-state index is 6.14. The second-order valence-corrected chi connectivity index (χ2v) is 6.19. The van der Waals surface area contributed by atoms with Crippen LogP contribution < -0.4 is 0 Å². The predicted octanol–water partition coefficient (Wildman–Crippen LogP) is 1.32. The zero-order valence-corrected chi connectivity index (χ0v) is 11.2. The van der Waals surface area contributed by atoms with Gasteiger partial charge in [-0.25, -0.2) is 0 Å². The molecule has 4 fully saturated rings. The fourth-order valence-corrected chi connectivity index (χ4v) is 4.96. The molecule has 102 valence electrons. The van der Waals surface area contributed by atoms with Gasteiger partial charge in [0.2, 0.25) is 0 Å². The molecule has 5 nitrogen and oxygen atoms in total. The second kappa shape index (κ2) is 3.27. The lowest BCUT2D eigenvalue weighted by Crippen LogP contribution is -2.37. The Morgan fingerprint density at radius 3 is 1.72 bits per heavy atom. The Balaban J connectivity index is 1.76. The molecular formula is C13H20O5. The zero-order chi connectivity index (χ0) is 12.7. The number of rotatable bonds is 2. The lowest BCUT2D eigenvalue weighted by Gasteiger charge is -2.30. The highest BCUT2D eigenvalue weighted by atomic mass is 16.9. The van der Waals surface area contributed by atoms with Crippen LogP contribution in [0.25, 0.3) is 0 Å². The molecule has 3 saturated heterocycles. The minimum absolute atomic E-state index is 0.160. The molecule has 0 spiro atoms. The summed E-state index contributed by atoms with van der Waals surface area (Å²) in [5.74, 6) is 0.322. The molecule has 0 N–H and O–H groups in total. The van der Waals surface area contributed by atoms with Crippen molar-refractivity contribution in [3.8, 4) is 0 Å². The van der Waals surface area contributed by atoms with E-state index in [-0.39, 0.29) is 12.6 Å². The third-order valence-corrected chi connectivity index (χ3v) is 5.33. The topological polar surface area (TPSA) is 46.2 Å². The smallest absolute Gasteiger partial charge is 0.175 e. The number of ether oxygens (including phenoxy) is 5. The Labute approximate surface area is 107 Å². The maximum absolute atomic E-state index is 6.14. The van der Waals surface area contributed by atoms with Crippen molar-refractivity contribution in [2.75, 3.05) is 14.2 Å². The van der Waals surface area contributed by atoms with Gasteiger partial charge in [-0.2, -0.15) is 0 Å². The van der Waals surface area contributed by atoms with E-state index in [9.17, 15) is 0 Å². The Hall–Kier alpha value is -0.200. The molecule has 0 aromatic carbocycles. The van der Waals surface area contributed by atoms with Gasteiger partial charge in [-0.1, -0.05) is 0 Å². The highest BCUT2D eigenvalue weighted by Gasteiger charge is 2.77. The summed E-state index contributed by atoms with van der Waals surface area (Å²) < 4.78 is 29.0. The molecule has 5 heteroatoms. The SMILES string of the molecule is CO[C@H]1O[C@]2(C)O[C@]3(C)O[C@@H](OC)[C@@H]4C[C@H]1[C@H]2[C@@H]43. The molecule has 18 heavy (non-hydrogen) atoms. The molecular weight excluding hydrogens is 236 g/mol. The van der Waals surface area contributed by atoms with Crippen LogP contribution in [0.3, 0.4) is 0 Å². The van der Waals surface area contributed by atoms with Crippen LogP contribution in [0.4, 0.5) is 0 Å². The van der Waals surface area contributed by atoms with E-state index < -0.39 is 11.6 Å². The average Bonchev–Trinajstić information content (AvgIpc) is 2.95. The van der Waals surface area contributed by atoms with Crippen LogP contribution in [0.15, 0.2) is 0 Å². The lowest BCUT2D eigenvalue weighted by molar-refractivity contribution is -0.345. The van der Waals surface area contributed by atoms with Gasteiger partial charge in [-0.3, -0.25) is 0 Å². The average molecular weight is 256 g/mol. The van der Waals surface area contributed by atoms with Gasteiger partial charge >= 0.3 is 0 Å². The van der Waals surface area contributed by atoms with E-state index in [1.54, 1.807) is 14.2 Å². The number of methoxy groups -OCH3 is 2. The van der Waals surface area contributed by atoms with E-state index in [0.717, 1.165) is 6.42 Å². The predicted molar refractivity (Wildman–Crippen MR) is 60.2 cm³/mol. The van der Waals surface area contributed by atoms with Crippen LogP contribution in [0, 0.1) is 23.7 Å². The maximum Gasteiger partial charge on any atom is 0.175 e. The monoisotopic (exact) mass is 256 g/mol. The van der Waals surface area contributed by atoms with Gasteiger partial charge < -0.3 is 23.7 Å². The minimum atomic E-state index is -0.571. The fourth-order valence-electron chi connectivity index (χ4n) is 4.96. The number of hydrogen-bond acceptors (Lipinski definition) is 5. The van der Waals surface area contributed by atoms with Crippen molar-refractivity contribution >= 4 is 0 Å². The number of hydrogen-bond donors (Lipinski definition) is 0. The van der Waals surface area contributed by atoms with E-state index in [1.165, 1.54) is 0 Å². The van der Waals surface area contributed by atoms with Gasteiger partial charge in [0, 0.05) is 37.9 Å². The van der Waals surface area contributed by atoms with Crippen LogP contribution in [0.1, 0.15) is 20.3 Å². The molecule has 8 atom stereocenters. The van der Waals surface area contributed by atoms with E-state index in [2.05, 4.69) is 0 Å². The van der Waals surface area contributed by atoms with Gasteiger partial charge in [-0.15, -0.1) is 0 Å². The first kappa shape index (κ1) is 11.6. The molecule has 4 rings (SSSR count). The second-order valence-electron chi connectivity index (χ2n) is 6.19. The van der Waals surface area contributed by atoms with E-state index in [4.69, 9.17) is 23.7 Å². The molecule has 0 aromatic rings. The Bertz CT molecular complexity index is 354. The summed E-state index contributed by atoms with van der Waals surface area (Å²) in [4.78, 5) is 0. The van der Waals surface area contributed by atoms with Crippen molar-refractivity contribution in [1.29, 1.82) is 0 Å². The quantitative estimate of drug-likeness (QED) is 0.745. The third kappa shape index (κ3) is 1.11. The van der Waals surface area contributed by atoms with Crippen LogP contribution in [0.2, 0.25) is 0 Å². The molecule has 4 aliphatic rings. The zero-order valence-electron chi connectivity index (χ0n) is 11.2. The summed E-state index contributed by atoms with van der Waals surface area (Å²) in [7, 11) is 3.40.